The molecule has 1 unspecified atom stereocenters. The molecule has 6 heteroatoms. The number of hydrogen-bond donors (Lipinski definition) is 2. The number of anilines is 1. The molecule has 2 aromatic carbocycles. The first-order chi connectivity index (χ1) is 12.1. The standard InChI is InChI=1S/C19H21ClN4O/c1-14(25)10-23-12-22(11-15-5-4-6-16(20)9-15)13-24-18-8-3-2-7-17(18)21-19(23)24/h2-9,14,25H,10-13H2,1H3/p+1/t14-/m0/s1. The molecule has 1 aliphatic rings. The molecule has 0 radical (unpaired) electrons. The maximum Gasteiger partial charge on any atom is 0.215 e. The van der Waals surface area contributed by atoms with E-state index in [4.69, 9.17) is 16.6 Å². The van der Waals surface area contributed by atoms with Crippen LogP contribution in [-0.2, 0) is 13.2 Å². The highest BCUT2D eigenvalue weighted by Gasteiger charge is 2.29. The Morgan fingerprint density at radius 2 is 2.04 bits per heavy atom. The number of aliphatic hydroxyl groups excluding tert-OH is 1. The number of β-amino-alcohol motifs (C(OH)–C–C–N with tert-alkyl or cyclic N) is 1. The van der Waals surface area contributed by atoms with E-state index in [-0.39, 0.29) is 0 Å². The van der Waals surface area contributed by atoms with E-state index in [2.05, 4.69) is 21.6 Å². The Hall–Kier alpha value is -2.08. The predicted molar refractivity (Wildman–Crippen MR) is 99.7 cm³/mol. The summed E-state index contributed by atoms with van der Waals surface area (Å²) in [6.45, 7) is 4.92. The number of aromatic nitrogens is 2. The number of rotatable bonds is 4. The Morgan fingerprint density at radius 3 is 2.84 bits per heavy atom. The number of hydrogen-bond acceptors (Lipinski definition) is 3. The van der Waals surface area contributed by atoms with Crippen LogP contribution < -0.4 is 9.80 Å². The van der Waals surface area contributed by atoms with Crippen molar-refractivity contribution in [2.45, 2.75) is 26.2 Å². The molecule has 0 bridgehead atoms. The van der Waals surface area contributed by atoms with Gasteiger partial charge in [-0.25, -0.2) is 4.98 Å². The number of halogens is 1. The fraction of sp³-hybridized carbons (Fsp3) is 0.316. The summed E-state index contributed by atoms with van der Waals surface area (Å²) in [5, 5.41) is 10.7. The van der Waals surface area contributed by atoms with E-state index in [0.717, 1.165) is 41.9 Å². The molecule has 0 fully saturated rings. The zero-order chi connectivity index (χ0) is 17.4. The van der Waals surface area contributed by atoms with E-state index in [1.54, 1.807) is 0 Å². The van der Waals surface area contributed by atoms with Crippen molar-refractivity contribution in [2.75, 3.05) is 18.1 Å². The monoisotopic (exact) mass is 357 g/mol. The number of benzene rings is 2. The zero-order valence-corrected chi connectivity index (χ0v) is 14.9. The van der Waals surface area contributed by atoms with E-state index in [1.165, 1.54) is 10.5 Å². The van der Waals surface area contributed by atoms with Crippen LogP contribution >= 0.6 is 11.6 Å². The van der Waals surface area contributed by atoms with Crippen molar-refractivity contribution >= 4 is 28.6 Å². The van der Waals surface area contributed by atoms with Crippen LogP contribution in [0, 0.1) is 0 Å². The summed E-state index contributed by atoms with van der Waals surface area (Å²) in [6.07, 6.45) is -0.404. The van der Waals surface area contributed by atoms with Gasteiger partial charge in [-0.3, -0.25) is 14.4 Å². The summed E-state index contributed by atoms with van der Waals surface area (Å²) < 4.78 is 2.25. The smallest absolute Gasteiger partial charge is 0.215 e. The number of nitrogens with zero attached hydrogens (tertiary/aromatic N) is 3. The van der Waals surface area contributed by atoms with Gasteiger partial charge in [0.2, 0.25) is 5.95 Å². The van der Waals surface area contributed by atoms with Gasteiger partial charge in [0.15, 0.2) is 13.3 Å². The molecule has 1 aliphatic heterocycles. The third-order valence-electron chi connectivity index (χ3n) is 4.54. The molecule has 0 spiro atoms. The van der Waals surface area contributed by atoms with Crippen molar-refractivity contribution in [1.29, 1.82) is 0 Å². The third-order valence-corrected chi connectivity index (χ3v) is 4.78. The van der Waals surface area contributed by atoms with Gasteiger partial charge in [0.25, 0.3) is 0 Å². The Bertz CT molecular complexity index is 892. The molecule has 0 saturated heterocycles. The lowest BCUT2D eigenvalue weighted by Crippen LogP contribution is -3.13. The lowest BCUT2D eigenvalue weighted by Gasteiger charge is -2.35. The first kappa shape index (κ1) is 16.4. The van der Waals surface area contributed by atoms with Crippen molar-refractivity contribution < 1.29 is 10.0 Å². The van der Waals surface area contributed by atoms with E-state index in [9.17, 15) is 5.11 Å². The van der Waals surface area contributed by atoms with Crippen LogP contribution in [-0.4, -0.2) is 34.0 Å². The Balaban J connectivity index is 1.68. The summed E-state index contributed by atoms with van der Waals surface area (Å²) in [6, 6.07) is 16.2. The lowest BCUT2D eigenvalue weighted by molar-refractivity contribution is -0.938. The van der Waals surface area contributed by atoms with E-state index >= 15 is 0 Å². The number of imidazole rings is 1. The van der Waals surface area contributed by atoms with Crippen LogP contribution in [0.2, 0.25) is 5.02 Å². The Morgan fingerprint density at radius 1 is 1.20 bits per heavy atom. The minimum atomic E-state index is -0.404. The highest BCUT2D eigenvalue weighted by atomic mass is 35.5. The molecule has 1 aromatic heterocycles. The predicted octanol–water partition coefficient (Wildman–Crippen LogP) is 1.89. The van der Waals surface area contributed by atoms with Gasteiger partial charge in [-0.15, -0.1) is 0 Å². The van der Waals surface area contributed by atoms with Crippen molar-refractivity contribution in [3.8, 4) is 0 Å². The first-order valence-electron chi connectivity index (χ1n) is 8.56. The van der Waals surface area contributed by atoms with Crippen LogP contribution in [0.25, 0.3) is 11.0 Å². The largest absolute Gasteiger partial charge is 0.392 e. The van der Waals surface area contributed by atoms with Crippen LogP contribution in [0.15, 0.2) is 48.5 Å². The van der Waals surface area contributed by atoms with Gasteiger partial charge in [-0.1, -0.05) is 35.9 Å². The number of fused-ring (bicyclic) bond motifs is 3. The SMILES string of the molecule is C[C@H](O)CN1C[NH+](Cc2cccc(Cl)c2)Cn2c1nc1ccccc12. The van der Waals surface area contributed by atoms with Crippen molar-refractivity contribution in [3.63, 3.8) is 0 Å². The van der Waals surface area contributed by atoms with Gasteiger partial charge in [0.1, 0.15) is 6.54 Å². The molecule has 4 rings (SSSR count). The molecule has 2 N–H and O–H groups in total. The summed E-state index contributed by atoms with van der Waals surface area (Å²) in [5.74, 6) is 0.942. The minimum Gasteiger partial charge on any atom is -0.392 e. The topological polar surface area (TPSA) is 45.7 Å². The molecule has 0 aliphatic carbocycles. The summed E-state index contributed by atoms with van der Waals surface area (Å²) >= 11 is 6.13. The van der Waals surface area contributed by atoms with E-state index in [0.29, 0.717) is 6.54 Å². The van der Waals surface area contributed by atoms with Crippen molar-refractivity contribution in [3.05, 3.63) is 59.1 Å². The maximum absolute atomic E-state index is 9.91. The summed E-state index contributed by atoms with van der Waals surface area (Å²) in [4.78, 5) is 8.35. The number of nitrogens with one attached hydrogen (secondary N) is 1. The molecule has 25 heavy (non-hydrogen) atoms. The van der Waals surface area contributed by atoms with E-state index in [1.807, 2.05) is 43.3 Å². The lowest BCUT2D eigenvalue weighted by atomic mass is 10.2. The van der Waals surface area contributed by atoms with Crippen LogP contribution in [0.4, 0.5) is 5.95 Å². The molecular weight excluding hydrogens is 336 g/mol. The Kier molecular flexibility index (Phi) is 4.37. The normalized spacial score (nSPS) is 18.4. The van der Waals surface area contributed by atoms with Crippen molar-refractivity contribution in [2.24, 2.45) is 0 Å². The molecule has 3 aromatic rings. The van der Waals surface area contributed by atoms with Gasteiger partial charge < -0.3 is 5.11 Å². The second-order valence-electron chi connectivity index (χ2n) is 6.77. The second kappa shape index (κ2) is 6.67. The number of para-hydroxylation sites is 2. The minimum absolute atomic E-state index is 0.404. The van der Waals surface area contributed by atoms with Crippen LogP contribution in [0.5, 0.6) is 0 Å². The number of quaternary nitrogens is 1. The molecule has 130 valence electrons. The van der Waals surface area contributed by atoms with Gasteiger partial charge >= 0.3 is 0 Å². The van der Waals surface area contributed by atoms with Gasteiger partial charge in [-0.05, 0) is 31.2 Å². The molecule has 2 atom stereocenters. The average Bonchev–Trinajstić information content (AvgIpc) is 2.94. The van der Waals surface area contributed by atoms with Gasteiger partial charge in [-0.2, -0.15) is 0 Å². The fourth-order valence-electron chi connectivity index (χ4n) is 3.59. The Labute approximate surface area is 152 Å². The average molecular weight is 358 g/mol. The molecule has 0 amide bonds. The van der Waals surface area contributed by atoms with Gasteiger partial charge in [0, 0.05) is 10.6 Å². The zero-order valence-electron chi connectivity index (χ0n) is 14.2. The fourth-order valence-corrected chi connectivity index (χ4v) is 3.80. The van der Waals surface area contributed by atoms with Crippen LogP contribution in [0.1, 0.15) is 12.5 Å². The maximum atomic E-state index is 9.91. The highest BCUT2D eigenvalue weighted by Crippen LogP contribution is 2.23. The van der Waals surface area contributed by atoms with E-state index < -0.39 is 6.10 Å². The number of aliphatic hydroxyl groups is 1. The van der Waals surface area contributed by atoms with Crippen LogP contribution in [0.3, 0.4) is 0 Å². The second-order valence-corrected chi connectivity index (χ2v) is 7.21. The molecule has 2 heterocycles. The molecule has 5 nitrogen and oxygen atoms in total. The third kappa shape index (κ3) is 3.35. The van der Waals surface area contributed by atoms with Gasteiger partial charge in [0.05, 0.1) is 23.7 Å². The quantitative estimate of drug-likeness (QED) is 0.749. The first-order valence-corrected chi connectivity index (χ1v) is 8.94. The molecular formula is C19H22ClN4O+. The summed E-state index contributed by atoms with van der Waals surface area (Å²) in [7, 11) is 0. The molecule has 0 saturated carbocycles. The highest BCUT2D eigenvalue weighted by molar-refractivity contribution is 6.30. The van der Waals surface area contributed by atoms with Crippen molar-refractivity contribution in [1.82, 2.24) is 9.55 Å². The summed E-state index contributed by atoms with van der Waals surface area (Å²) in [5.41, 5.74) is 3.35.